The van der Waals surface area contributed by atoms with E-state index in [0.717, 1.165) is 51.6 Å². The fourth-order valence-corrected chi connectivity index (χ4v) is 11.8. The van der Waals surface area contributed by atoms with E-state index in [1.807, 2.05) is 0 Å². The molecule has 0 aromatic rings. The maximum absolute atomic E-state index is 13.9. The molecule has 9 heteroatoms. The lowest BCUT2D eigenvalue weighted by molar-refractivity contribution is -0.315. The van der Waals surface area contributed by atoms with Gasteiger partial charge in [-0.15, -0.1) is 0 Å². The topological polar surface area (TPSA) is 140 Å². The van der Waals surface area contributed by atoms with Gasteiger partial charge in [0, 0.05) is 31.5 Å². The minimum atomic E-state index is -1.47. The molecule has 4 aliphatic carbocycles. The normalized spacial score (nSPS) is 57.9. The fraction of sp³-hybridized carbons (Fsp3) is 0.970. The monoisotopic (exact) mass is 591 g/mol. The smallest absolute Gasteiger partial charge is 0.186 e. The predicted octanol–water partition coefficient (Wildman–Crippen LogP) is 1.71. The molecule has 3 saturated heterocycles. The number of aliphatic hydroxyl groups excluding tert-OH is 4. The maximum Gasteiger partial charge on any atom is 0.186 e. The minimum absolute atomic E-state index is 0.0958. The first-order valence-corrected chi connectivity index (χ1v) is 16.9. The number of piperidine rings is 2. The summed E-state index contributed by atoms with van der Waals surface area (Å²) in [5.74, 6) is 3.79. The average Bonchev–Trinajstić information content (AvgIpc) is 3.33. The number of ketones is 1. The van der Waals surface area contributed by atoms with Crippen molar-refractivity contribution in [1.82, 2.24) is 4.90 Å². The van der Waals surface area contributed by atoms with Crippen molar-refractivity contribution in [1.29, 1.82) is 0 Å². The Labute approximate surface area is 249 Å². The standard InChI is InChI=1S/C33H53NO8/c1-16-4-7-27-33(3,40)22-6-5-18-19(21(22)14-34(27)13-16)11-23-20(18)12-25(36)24-10-17(8-9-32(23,24)2)41-31-30(39)29(38)28(37)26(15-35)42-31/h16-24,26-31,35,37-40H,4-15H2,1-3H3/t16-,17-,18-,19-,20-,21-,22-,23-,24+,26-,27+,28+,29+,30+,31-,32-,33+/m1/s1. The van der Waals surface area contributed by atoms with E-state index in [2.05, 4.69) is 25.7 Å². The van der Waals surface area contributed by atoms with Crippen LogP contribution in [-0.4, -0.2) is 104 Å². The second kappa shape index (κ2) is 10.7. The summed E-state index contributed by atoms with van der Waals surface area (Å²) >= 11 is 0. The van der Waals surface area contributed by atoms with E-state index < -0.39 is 42.9 Å². The molecule has 7 rings (SSSR count). The minimum Gasteiger partial charge on any atom is -0.394 e. The van der Waals surface area contributed by atoms with E-state index in [1.54, 1.807) is 0 Å². The first kappa shape index (κ1) is 30.0. The highest BCUT2D eigenvalue weighted by Crippen LogP contribution is 2.66. The zero-order valence-corrected chi connectivity index (χ0v) is 25.6. The Kier molecular flexibility index (Phi) is 7.66. The third-order valence-electron chi connectivity index (χ3n) is 14.0. The summed E-state index contributed by atoms with van der Waals surface area (Å²) in [4.78, 5) is 16.5. The number of rotatable bonds is 3. The molecule has 0 bridgehead atoms. The van der Waals surface area contributed by atoms with Crippen LogP contribution in [0.15, 0.2) is 0 Å². The fourth-order valence-electron chi connectivity index (χ4n) is 11.8. The molecule has 3 aliphatic heterocycles. The molecule has 7 aliphatic rings. The molecule has 7 fully saturated rings. The number of hydrogen-bond acceptors (Lipinski definition) is 9. The van der Waals surface area contributed by atoms with Gasteiger partial charge in [-0.25, -0.2) is 0 Å². The van der Waals surface area contributed by atoms with Crippen LogP contribution in [0.1, 0.15) is 78.6 Å². The Morgan fingerprint density at radius 2 is 1.69 bits per heavy atom. The van der Waals surface area contributed by atoms with Crippen molar-refractivity contribution in [2.24, 2.45) is 52.8 Å². The van der Waals surface area contributed by atoms with E-state index in [0.29, 0.717) is 60.1 Å². The van der Waals surface area contributed by atoms with E-state index in [1.165, 1.54) is 6.42 Å². The molecule has 5 N–H and O–H groups in total. The van der Waals surface area contributed by atoms with E-state index >= 15 is 0 Å². The van der Waals surface area contributed by atoms with Crippen molar-refractivity contribution in [2.75, 3.05) is 19.7 Å². The van der Waals surface area contributed by atoms with E-state index in [-0.39, 0.29) is 23.5 Å². The van der Waals surface area contributed by atoms with Gasteiger partial charge in [-0.05, 0) is 105 Å². The highest BCUT2D eigenvalue weighted by Gasteiger charge is 2.64. The summed E-state index contributed by atoms with van der Waals surface area (Å²) in [5, 5.41) is 52.4. The van der Waals surface area contributed by atoms with Crippen molar-refractivity contribution in [3.63, 3.8) is 0 Å². The summed E-state index contributed by atoms with van der Waals surface area (Å²) < 4.78 is 11.8. The predicted molar refractivity (Wildman–Crippen MR) is 153 cm³/mol. The molecule has 0 aromatic carbocycles. The molecule has 17 atom stereocenters. The Balaban J connectivity index is 1.07. The molecule has 9 nitrogen and oxygen atoms in total. The number of nitrogens with zero attached hydrogens (tertiary/aromatic N) is 1. The van der Waals surface area contributed by atoms with Crippen LogP contribution in [0.25, 0.3) is 0 Å². The number of ether oxygens (including phenoxy) is 2. The van der Waals surface area contributed by atoms with Crippen LogP contribution in [0.2, 0.25) is 0 Å². The highest BCUT2D eigenvalue weighted by molar-refractivity contribution is 5.83. The molecule has 0 aromatic heterocycles. The molecule has 3 heterocycles. The third kappa shape index (κ3) is 4.50. The van der Waals surface area contributed by atoms with Crippen LogP contribution >= 0.6 is 0 Å². The number of hydrogen-bond donors (Lipinski definition) is 5. The van der Waals surface area contributed by atoms with Gasteiger partial charge in [-0.2, -0.15) is 0 Å². The highest BCUT2D eigenvalue weighted by atomic mass is 16.7. The summed E-state index contributed by atoms with van der Waals surface area (Å²) in [6.07, 6.45) is 1.67. The molecule has 4 saturated carbocycles. The van der Waals surface area contributed by atoms with Crippen LogP contribution in [0.4, 0.5) is 0 Å². The second-order valence-corrected chi connectivity index (χ2v) is 16.0. The maximum atomic E-state index is 13.9. The van der Waals surface area contributed by atoms with Crippen LogP contribution in [0, 0.1) is 52.8 Å². The van der Waals surface area contributed by atoms with Crippen LogP contribution in [-0.2, 0) is 14.3 Å². The Morgan fingerprint density at radius 1 is 0.905 bits per heavy atom. The van der Waals surface area contributed by atoms with Crippen molar-refractivity contribution in [3.8, 4) is 0 Å². The Hall–Kier alpha value is -0.650. The lowest BCUT2D eigenvalue weighted by Crippen LogP contribution is -2.67. The molecule has 0 spiro atoms. The molecule has 238 valence electrons. The average molecular weight is 592 g/mol. The lowest BCUT2D eigenvalue weighted by Gasteiger charge is -2.59. The quantitative estimate of drug-likeness (QED) is 0.310. The van der Waals surface area contributed by atoms with Crippen molar-refractivity contribution in [3.05, 3.63) is 0 Å². The van der Waals surface area contributed by atoms with Gasteiger partial charge >= 0.3 is 0 Å². The Morgan fingerprint density at radius 3 is 2.45 bits per heavy atom. The molecule has 42 heavy (non-hydrogen) atoms. The SMILES string of the molecule is C[C@@H]1CC[C@@H]2N(C1)C[C@@H]1[C@@H]3C[C@@H]4[C@H](CC(=O)[C@@H]5C[C@H](O[C@@H]6O[C@H](CO)[C@H](O)[C@H](O)[C@@H]6O)CC[C@]45C)[C@@H]3CC[C@H]1[C@]2(C)O. The number of carbonyl (C=O) groups is 1. The zero-order valence-electron chi connectivity index (χ0n) is 25.6. The van der Waals surface area contributed by atoms with Crippen LogP contribution in [0.3, 0.4) is 0 Å². The van der Waals surface area contributed by atoms with Gasteiger partial charge in [0.1, 0.15) is 30.2 Å². The third-order valence-corrected chi connectivity index (χ3v) is 14.0. The van der Waals surface area contributed by atoms with Crippen molar-refractivity contribution in [2.45, 2.75) is 127 Å². The second-order valence-electron chi connectivity index (χ2n) is 16.0. The van der Waals surface area contributed by atoms with Crippen LogP contribution < -0.4 is 0 Å². The molecular weight excluding hydrogens is 538 g/mol. The number of Topliss-reactive ketones (excluding diaryl/α,β-unsaturated/α-hetero) is 1. The van der Waals surface area contributed by atoms with Gasteiger partial charge in [0.05, 0.1) is 18.3 Å². The number of carbonyl (C=O) groups excluding carboxylic acids is 1. The first-order chi connectivity index (χ1) is 19.9. The van der Waals surface area contributed by atoms with Gasteiger partial charge in [-0.3, -0.25) is 9.69 Å². The van der Waals surface area contributed by atoms with E-state index in [4.69, 9.17) is 9.47 Å². The van der Waals surface area contributed by atoms with Gasteiger partial charge in [0.25, 0.3) is 0 Å². The lowest BCUT2D eigenvalue weighted by atomic mass is 9.51. The molecule has 0 amide bonds. The number of fused-ring (bicyclic) bond motifs is 8. The van der Waals surface area contributed by atoms with Crippen LogP contribution in [0.5, 0.6) is 0 Å². The molecule has 0 radical (unpaired) electrons. The van der Waals surface area contributed by atoms with Gasteiger partial charge in [0.2, 0.25) is 0 Å². The van der Waals surface area contributed by atoms with Gasteiger partial charge < -0.3 is 35.0 Å². The summed E-state index contributed by atoms with van der Waals surface area (Å²) in [6.45, 7) is 8.49. The van der Waals surface area contributed by atoms with Crippen molar-refractivity contribution >= 4 is 5.78 Å². The largest absolute Gasteiger partial charge is 0.394 e. The zero-order chi connectivity index (χ0) is 29.7. The first-order valence-electron chi connectivity index (χ1n) is 16.9. The van der Waals surface area contributed by atoms with Crippen molar-refractivity contribution < 1.29 is 39.8 Å². The summed E-state index contributed by atoms with van der Waals surface area (Å²) in [7, 11) is 0. The molecule has 0 unspecified atom stereocenters. The summed E-state index contributed by atoms with van der Waals surface area (Å²) in [6, 6.07) is 0.276. The van der Waals surface area contributed by atoms with Gasteiger partial charge in [0.15, 0.2) is 6.29 Å². The van der Waals surface area contributed by atoms with Gasteiger partial charge in [-0.1, -0.05) is 13.8 Å². The summed E-state index contributed by atoms with van der Waals surface area (Å²) in [5.41, 5.74) is -0.745. The number of aliphatic hydroxyl groups is 5. The molecular formula is C33H53NO8. The Bertz CT molecular complexity index is 1040. The van der Waals surface area contributed by atoms with E-state index in [9.17, 15) is 30.3 Å².